The maximum atomic E-state index is 11.9. The first-order valence-electron chi connectivity index (χ1n) is 7.44. The summed E-state index contributed by atoms with van der Waals surface area (Å²) in [4.78, 5) is 11.5. The van der Waals surface area contributed by atoms with Gasteiger partial charge >= 0.3 is 12.1 Å². The molecule has 1 fully saturated rings. The third-order valence-electron chi connectivity index (χ3n) is 3.71. The van der Waals surface area contributed by atoms with Crippen molar-refractivity contribution in [1.29, 1.82) is 0 Å². The van der Waals surface area contributed by atoms with Crippen LogP contribution in [0.2, 0.25) is 0 Å². The lowest BCUT2D eigenvalue weighted by molar-refractivity contribution is -0.146. The molecule has 0 radical (unpaired) electrons. The fraction of sp³-hybridized carbons (Fsp3) is 0.929. The smallest absolute Gasteiger partial charge is 0.389 e. The zero-order valence-electron chi connectivity index (χ0n) is 12.3. The number of hydrogen-bond acceptors (Lipinski definition) is 3. The second-order valence-electron chi connectivity index (χ2n) is 5.59. The zero-order chi connectivity index (χ0) is 15.9. The summed E-state index contributed by atoms with van der Waals surface area (Å²) in [6, 6.07) is 0.286. The number of nitrogens with one attached hydrogen (secondary N) is 1. The molecule has 1 saturated carbocycles. The summed E-state index contributed by atoms with van der Waals surface area (Å²) in [7, 11) is 0. The highest BCUT2D eigenvalue weighted by Gasteiger charge is 2.40. The van der Waals surface area contributed by atoms with Crippen LogP contribution in [-0.4, -0.2) is 42.0 Å². The van der Waals surface area contributed by atoms with E-state index in [4.69, 9.17) is 4.74 Å². The Hall–Kier alpha value is -0.820. The Labute approximate surface area is 123 Å². The molecule has 1 atom stereocenters. The van der Waals surface area contributed by atoms with Crippen molar-refractivity contribution < 1.29 is 27.8 Å². The number of halogens is 3. The van der Waals surface area contributed by atoms with Crippen LogP contribution >= 0.6 is 0 Å². The van der Waals surface area contributed by atoms with E-state index in [1.54, 1.807) is 0 Å². The largest absolute Gasteiger partial charge is 0.480 e. The molecule has 0 bridgehead atoms. The van der Waals surface area contributed by atoms with E-state index in [1.165, 1.54) is 0 Å². The highest BCUT2D eigenvalue weighted by atomic mass is 19.4. The molecule has 1 aliphatic rings. The topological polar surface area (TPSA) is 58.6 Å². The minimum Gasteiger partial charge on any atom is -0.480 e. The maximum Gasteiger partial charge on any atom is 0.389 e. The number of ether oxygens (including phenoxy) is 1. The molecular weight excluding hydrogens is 287 g/mol. The van der Waals surface area contributed by atoms with Gasteiger partial charge < -0.3 is 9.84 Å². The Bertz CT molecular complexity index is 332. The summed E-state index contributed by atoms with van der Waals surface area (Å²) < 4.78 is 40.9. The van der Waals surface area contributed by atoms with E-state index in [9.17, 15) is 23.1 Å². The van der Waals surface area contributed by atoms with E-state index < -0.39 is 24.1 Å². The van der Waals surface area contributed by atoms with Crippen LogP contribution in [0, 0.1) is 0 Å². The van der Waals surface area contributed by atoms with Gasteiger partial charge in [-0.15, -0.1) is 0 Å². The van der Waals surface area contributed by atoms with Crippen molar-refractivity contribution >= 4 is 5.97 Å². The monoisotopic (exact) mass is 311 g/mol. The number of carbonyl (C=O) groups is 1. The van der Waals surface area contributed by atoms with Crippen molar-refractivity contribution in [2.24, 2.45) is 0 Å². The van der Waals surface area contributed by atoms with Crippen LogP contribution in [0.5, 0.6) is 0 Å². The average Bonchev–Trinajstić information content (AvgIpc) is 3.18. The van der Waals surface area contributed by atoms with Gasteiger partial charge in [0.15, 0.2) is 0 Å². The van der Waals surface area contributed by atoms with Crippen LogP contribution in [0.15, 0.2) is 0 Å². The minimum absolute atomic E-state index is 0.0539. The molecule has 1 rings (SSSR count). The Morgan fingerprint density at radius 2 is 1.81 bits per heavy atom. The Morgan fingerprint density at radius 1 is 1.24 bits per heavy atom. The van der Waals surface area contributed by atoms with Gasteiger partial charge in [-0.2, -0.15) is 13.2 Å². The van der Waals surface area contributed by atoms with Gasteiger partial charge in [-0.1, -0.05) is 6.92 Å². The van der Waals surface area contributed by atoms with Crippen molar-refractivity contribution in [2.45, 2.75) is 69.6 Å². The molecule has 4 nitrogen and oxygen atoms in total. The Balaban J connectivity index is 2.19. The summed E-state index contributed by atoms with van der Waals surface area (Å²) in [6.07, 6.45) is -1.61. The fourth-order valence-corrected chi connectivity index (χ4v) is 2.24. The van der Waals surface area contributed by atoms with E-state index in [0.29, 0.717) is 25.9 Å². The molecule has 0 aromatic carbocycles. The molecule has 0 aromatic heterocycles. The van der Waals surface area contributed by atoms with Gasteiger partial charge in [0.2, 0.25) is 0 Å². The lowest BCUT2D eigenvalue weighted by Crippen LogP contribution is -2.52. The Kier molecular flexibility index (Phi) is 6.93. The van der Waals surface area contributed by atoms with Crippen molar-refractivity contribution in [3.63, 3.8) is 0 Å². The lowest BCUT2D eigenvalue weighted by Gasteiger charge is -2.29. The number of hydrogen-bond donors (Lipinski definition) is 2. The number of carboxylic acids is 1. The lowest BCUT2D eigenvalue weighted by atomic mass is 9.90. The van der Waals surface area contributed by atoms with Crippen molar-refractivity contribution in [2.75, 3.05) is 13.2 Å². The van der Waals surface area contributed by atoms with Crippen LogP contribution in [0.4, 0.5) is 13.2 Å². The van der Waals surface area contributed by atoms with Gasteiger partial charge in [-0.3, -0.25) is 10.1 Å². The summed E-state index contributed by atoms with van der Waals surface area (Å²) in [5.74, 6) is -0.867. The van der Waals surface area contributed by atoms with Gasteiger partial charge in [0.1, 0.15) is 5.54 Å². The minimum atomic E-state index is -4.14. The predicted octanol–water partition coefficient (Wildman–Crippen LogP) is 3.11. The normalized spacial score (nSPS) is 18.5. The molecule has 7 heteroatoms. The molecule has 21 heavy (non-hydrogen) atoms. The van der Waals surface area contributed by atoms with E-state index in [-0.39, 0.29) is 19.1 Å². The number of carboxylic acid groups (broad SMARTS) is 1. The van der Waals surface area contributed by atoms with Crippen molar-refractivity contribution in [3.8, 4) is 0 Å². The SMILES string of the molecule is CCC(CCCOCCCC(F)(F)F)(NC1CC1)C(=O)O. The second kappa shape index (κ2) is 7.98. The van der Waals surface area contributed by atoms with Gasteiger partial charge in [-0.25, -0.2) is 0 Å². The summed E-state index contributed by atoms with van der Waals surface area (Å²) in [6.45, 7) is 2.18. The number of alkyl halides is 3. The molecule has 1 aliphatic carbocycles. The van der Waals surface area contributed by atoms with Gasteiger partial charge in [0.05, 0.1) is 0 Å². The van der Waals surface area contributed by atoms with E-state index >= 15 is 0 Å². The summed E-state index contributed by atoms with van der Waals surface area (Å²) >= 11 is 0. The first-order valence-corrected chi connectivity index (χ1v) is 7.44. The number of rotatable bonds is 11. The average molecular weight is 311 g/mol. The third kappa shape index (κ3) is 7.13. The predicted molar refractivity (Wildman–Crippen MR) is 72.2 cm³/mol. The zero-order valence-corrected chi connectivity index (χ0v) is 12.3. The van der Waals surface area contributed by atoms with Crippen LogP contribution < -0.4 is 5.32 Å². The first-order chi connectivity index (χ1) is 9.79. The first kappa shape index (κ1) is 18.2. The number of aliphatic carboxylic acids is 1. The molecular formula is C14H24F3NO3. The van der Waals surface area contributed by atoms with Crippen LogP contribution in [0.3, 0.4) is 0 Å². The van der Waals surface area contributed by atoms with Gasteiger partial charge in [0, 0.05) is 25.7 Å². The van der Waals surface area contributed by atoms with Crippen molar-refractivity contribution in [1.82, 2.24) is 5.32 Å². The van der Waals surface area contributed by atoms with Gasteiger partial charge in [-0.05, 0) is 38.5 Å². The summed E-state index contributed by atoms with van der Waals surface area (Å²) in [5, 5.41) is 12.6. The molecule has 2 N–H and O–H groups in total. The molecule has 124 valence electrons. The molecule has 0 aromatic rings. The molecule has 0 saturated heterocycles. The molecule has 0 spiro atoms. The molecule has 0 aliphatic heterocycles. The quantitative estimate of drug-likeness (QED) is 0.576. The summed E-state index contributed by atoms with van der Waals surface area (Å²) in [5.41, 5.74) is -0.934. The van der Waals surface area contributed by atoms with Crippen LogP contribution in [-0.2, 0) is 9.53 Å². The molecule has 1 unspecified atom stereocenters. The standard InChI is InChI=1S/C14H24F3NO3/c1-2-13(12(19)20,18-11-5-6-11)7-3-9-21-10-4-8-14(15,16)17/h11,18H,2-10H2,1H3,(H,19,20). The Morgan fingerprint density at radius 3 is 2.24 bits per heavy atom. The highest BCUT2D eigenvalue weighted by Crippen LogP contribution is 2.27. The van der Waals surface area contributed by atoms with Crippen LogP contribution in [0.25, 0.3) is 0 Å². The van der Waals surface area contributed by atoms with Gasteiger partial charge in [0.25, 0.3) is 0 Å². The van der Waals surface area contributed by atoms with Crippen molar-refractivity contribution in [3.05, 3.63) is 0 Å². The third-order valence-corrected chi connectivity index (χ3v) is 3.71. The molecule has 0 amide bonds. The fourth-order valence-electron chi connectivity index (χ4n) is 2.24. The second-order valence-corrected chi connectivity index (χ2v) is 5.59. The highest BCUT2D eigenvalue weighted by molar-refractivity contribution is 5.78. The van der Waals surface area contributed by atoms with E-state index in [2.05, 4.69) is 5.32 Å². The molecule has 0 heterocycles. The van der Waals surface area contributed by atoms with Crippen LogP contribution in [0.1, 0.15) is 51.9 Å². The maximum absolute atomic E-state index is 11.9. The van der Waals surface area contributed by atoms with E-state index in [0.717, 1.165) is 12.8 Å². The van der Waals surface area contributed by atoms with E-state index in [1.807, 2.05) is 6.92 Å².